The van der Waals surface area contributed by atoms with E-state index in [1.165, 1.54) is 18.7 Å². The first-order chi connectivity index (χ1) is 8.04. The minimum Gasteiger partial charge on any atom is -0.478 e. The van der Waals surface area contributed by atoms with E-state index in [0.717, 1.165) is 11.0 Å². The van der Waals surface area contributed by atoms with E-state index in [1.54, 1.807) is 0 Å². The number of ether oxygens (including phenoxy) is 1. The standard InChI is InChI=1S/C10H15N3O4/c1-4-5-17-9-7(6-11-16)8(14)12(2)10(15)13(9)3/h4-6H2,1-3H3. The predicted molar refractivity (Wildman–Crippen MR) is 62.2 cm³/mol. The highest BCUT2D eigenvalue weighted by Crippen LogP contribution is 2.12. The van der Waals surface area contributed by atoms with Crippen LogP contribution in [-0.4, -0.2) is 15.7 Å². The molecule has 0 bridgehead atoms. The van der Waals surface area contributed by atoms with Crippen LogP contribution in [0.25, 0.3) is 0 Å². The van der Waals surface area contributed by atoms with Crippen molar-refractivity contribution in [2.24, 2.45) is 19.3 Å². The number of rotatable bonds is 5. The van der Waals surface area contributed by atoms with Gasteiger partial charge in [-0.1, -0.05) is 12.1 Å². The van der Waals surface area contributed by atoms with Crippen LogP contribution in [0.2, 0.25) is 0 Å². The number of nitroso groups, excluding NO2 is 1. The fourth-order valence-corrected chi connectivity index (χ4v) is 1.48. The van der Waals surface area contributed by atoms with E-state index in [4.69, 9.17) is 4.74 Å². The average Bonchev–Trinajstić information content (AvgIpc) is 2.33. The van der Waals surface area contributed by atoms with Crippen LogP contribution in [0, 0.1) is 4.91 Å². The molecule has 0 saturated heterocycles. The third-order valence-corrected chi connectivity index (χ3v) is 2.37. The molecular weight excluding hydrogens is 226 g/mol. The molecule has 0 N–H and O–H groups in total. The van der Waals surface area contributed by atoms with Crippen molar-refractivity contribution < 1.29 is 4.74 Å². The number of hydrogen-bond donors (Lipinski definition) is 0. The number of nitrogens with zero attached hydrogens (tertiary/aromatic N) is 3. The highest BCUT2D eigenvalue weighted by molar-refractivity contribution is 5.24. The highest BCUT2D eigenvalue weighted by atomic mass is 16.5. The van der Waals surface area contributed by atoms with Crippen molar-refractivity contribution in [3.63, 3.8) is 0 Å². The van der Waals surface area contributed by atoms with E-state index in [9.17, 15) is 14.5 Å². The molecule has 7 nitrogen and oxygen atoms in total. The number of hydrogen-bond acceptors (Lipinski definition) is 5. The Balaban J connectivity index is 3.47. The van der Waals surface area contributed by atoms with Crippen LogP contribution in [0.3, 0.4) is 0 Å². The normalized spacial score (nSPS) is 10.3. The maximum atomic E-state index is 11.8. The van der Waals surface area contributed by atoms with Gasteiger partial charge in [-0.3, -0.25) is 13.9 Å². The van der Waals surface area contributed by atoms with Crippen LogP contribution in [0.15, 0.2) is 14.8 Å². The third kappa shape index (κ3) is 2.43. The lowest BCUT2D eigenvalue weighted by molar-refractivity contribution is 0.283. The second kappa shape index (κ2) is 5.42. The minimum absolute atomic E-state index is 0.109. The molecule has 1 rings (SSSR count). The van der Waals surface area contributed by atoms with Gasteiger partial charge in [0.05, 0.1) is 6.61 Å². The second-order valence-corrected chi connectivity index (χ2v) is 3.63. The van der Waals surface area contributed by atoms with Crippen molar-refractivity contribution in [3.8, 4) is 5.88 Å². The van der Waals surface area contributed by atoms with Crippen LogP contribution in [0.1, 0.15) is 18.9 Å². The minimum atomic E-state index is -0.543. The summed E-state index contributed by atoms with van der Waals surface area (Å²) in [5.41, 5.74) is -0.924. The van der Waals surface area contributed by atoms with Gasteiger partial charge in [0.2, 0.25) is 5.88 Å². The van der Waals surface area contributed by atoms with Gasteiger partial charge in [0, 0.05) is 14.1 Å². The number of aromatic nitrogens is 2. The van der Waals surface area contributed by atoms with Crippen molar-refractivity contribution in [2.75, 3.05) is 6.61 Å². The van der Waals surface area contributed by atoms with Gasteiger partial charge in [0.1, 0.15) is 12.1 Å². The van der Waals surface area contributed by atoms with Gasteiger partial charge in [-0.15, -0.1) is 0 Å². The Hall–Kier alpha value is -1.92. The predicted octanol–water partition coefficient (Wildman–Crippen LogP) is 0.139. The lowest BCUT2D eigenvalue weighted by Gasteiger charge is -2.13. The summed E-state index contributed by atoms with van der Waals surface area (Å²) < 4.78 is 7.47. The molecule has 0 radical (unpaired) electrons. The fraction of sp³-hybridized carbons (Fsp3) is 0.600. The zero-order valence-corrected chi connectivity index (χ0v) is 10.1. The molecule has 0 aliphatic carbocycles. The molecule has 1 aromatic heterocycles. The maximum Gasteiger partial charge on any atom is 0.333 e. The first-order valence-corrected chi connectivity index (χ1v) is 5.25. The van der Waals surface area contributed by atoms with Gasteiger partial charge in [-0.25, -0.2) is 4.79 Å². The van der Waals surface area contributed by atoms with Crippen molar-refractivity contribution >= 4 is 0 Å². The molecule has 94 valence electrons. The molecular formula is C10H15N3O4. The van der Waals surface area contributed by atoms with E-state index in [0.29, 0.717) is 6.61 Å². The van der Waals surface area contributed by atoms with E-state index in [2.05, 4.69) is 5.18 Å². The average molecular weight is 241 g/mol. The first kappa shape index (κ1) is 13.1. The van der Waals surface area contributed by atoms with Gasteiger partial charge < -0.3 is 4.74 Å². The first-order valence-electron chi connectivity index (χ1n) is 5.25. The van der Waals surface area contributed by atoms with Crippen molar-refractivity contribution in [3.05, 3.63) is 31.3 Å². The molecule has 1 aromatic rings. The Kier molecular flexibility index (Phi) is 4.19. The molecule has 0 spiro atoms. The highest BCUT2D eigenvalue weighted by Gasteiger charge is 2.16. The molecule has 0 aliphatic rings. The SMILES string of the molecule is CCCOc1c(CN=O)c(=O)n(C)c(=O)n1C. The van der Waals surface area contributed by atoms with Gasteiger partial charge in [-0.2, -0.15) is 4.91 Å². The summed E-state index contributed by atoms with van der Waals surface area (Å²) >= 11 is 0. The topological polar surface area (TPSA) is 82.7 Å². The summed E-state index contributed by atoms with van der Waals surface area (Å²) in [6, 6.07) is 0. The zero-order valence-electron chi connectivity index (χ0n) is 10.1. The van der Waals surface area contributed by atoms with Crippen LogP contribution in [0.4, 0.5) is 0 Å². The Labute approximate surface area is 97.6 Å². The largest absolute Gasteiger partial charge is 0.478 e. The summed E-state index contributed by atoms with van der Waals surface area (Å²) in [5, 5.41) is 2.69. The Morgan fingerprint density at radius 2 is 1.88 bits per heavy atom. The third-order valence-electron chi connectivity index (χ3n) is 2.37. The smallest absolute Gasteiger partial charge is 0.333 e. The van der Waals surface area contributed by atoms with E-state index < -0.39 is 11.2 Å². The zero-order chi connectivity index (χ0) is 13.0. The van der Waals surface area contributed by atoms with Crippen LogP contribution in [-0.2, 0) is 20.6 Å². The quantitative estimate of drug-likeness (QED) is 0.686. The summed E-state index contributed by atoms with van der Waals surface area (Å²) in [5.74, 6) is 0.125. The maximum absolute atomic E-state index is 11.8. The molecule has 0 saturated carbocycles. The molecule has 0 fully saturated rings. The molecule has 17 heavy (non-hydrogen) atoms. The van der Waals surface area contributed by atoms with Gasteiger partial charge in [0.25, 0.3) is 5.56 Å². The molecule has 0 atom stereocenters. The lowest BCUT2D eigenvalue weighted by Crippen LogP contribution is -2.39. The summed E-state index contributed by atoms with van der Waals surface area (Å²) in [4.78, 5) is 33.8. The summed E-state index contributed by atoms with van der Waals surface area (Å²) in [7, 11) is 2.84. The second-order valence-electron chi connectivity index (χ2n) is 3.63. The molecule has 0 unspecified atom stereocenters. The van der Waals surface area contributed by atoms with Crippen molar-refractivity contribution in [1.82, 2.24) is 9.13 Å². The van der Waals surface area contributed by atoms with Gasteiger partial charge in [-0.05, 0) is 6.42 Å². The van der Waals surface area contributed by atoms with Crippen LogP contribution in [0.5, 0.6) is 5.88 Å². The molecule has 7 heteroatoms. The molecule has 0 aliphatic heterocycles. The molecule has 1 heterocycles. The van der Waals surface area contributed by atoms with Gasteiger partial charge >= 0.3 is 5.69 Å². The Bertz CT molecular complexity index is 530. The molecule has 0 amide bonds. The van der Waals surface area contributed by atoms with E-state index in [-0.39, 0.29) is 18.0 Å². The Morgan fingerprint density at radius 3 is 2.41 bits per heavy atom. The Morgan fingerprint density at radius 1 is 1.24 bits per heavy atom. The summed E-state index contributed by atoms with van der Waals surface area (Å²) in [6.07, 6.45) is 0.733. The monoisotopic (exact) mass is 241 g/mol. The van der Waals surface area contributed by atoms with Crippen molar-refractivity contribution in [2.45, 2.75) is 19.9 Å². The van der Waals surface area contributed by atoms with E-state index >= 15 is 0 Å². The van der Waals surface area contributed by atoms with E-state index in [1.807, 2.05) is 6.92 Å². The fourth-order valence-electron chi connectivity index (χ4n) is 1.48. The van der Waals surface area contributed by atoms with Gasteiger partial charge in [0.15, 0.2) is 0 Å². The summed E-state index contributed by atoms with van der Waals surface area (Å²) in [6.45, 7) is 1.96. The lowest BCUT2D eigenvalue weighted by atomic mass is 10.3. The molecule has 0 aromatic carbocycles. The van der Waals surface area contributed by atoms with Crippen molar-refractivity contribution in [1.29, 1.82) is 0 Å². The van der Waals surface area contributed by atoms with Crippen LogP contribution >= 0.6 is 0 Å². The van der Waals surface area contributed by atoms with Crippen LogP contribution < -0.4 is 16.0 Å².